The SMILES string of the molecule is CCCOc1nc(N)nc(-c2ncnn2C)n1. The summed E-state index contributed by atoms with van der Waals surface area (Å²) in [5.41, 5.74) is 5.59. The lowest BCUT2D eigenvalue weighted by Crippen LogP contribution is -2.07. The molecule has 2 aromatic rings. The maximum Gasteiger partial charge on any atom is 0.321 e. The van der Waals surface area contributed by atoms with Crippen LogP contribution in [0.25, 0.3) is 11.6 Å². The number of nitrogens with two attached hydrogens (primary N) is 1. The zero-order valence-corrected chi connectivity index (χ0v) is 9.66. The molecule has 0 saturated heterocycles. The van der Waals surface area contributed by atoms with Crippen LogP contribution in [-0.2, 0) is 7.05 Å². The second-order valence-corrected chi connectivity index (χ2v) is 3.36. The van der Waals surface area contributed by atoms with Crippen LogP contribution in [0, 0.1) is 0 Å². The molecule has 0 atom stereocenters. The number of hydrogen-bond acceptors (Lipinski definition) is 7. The van der Waals surface area contributed by atoms with E-state index in [2.05, 4.69) is 25.0 Å². The lowest BCUT2D eigenvalue weighted by atomic mass is 10.5. The Morgan fingerprint density at radius 2 is 2.18 bits per heavy atom. The average Bonchev–Trinajstić information content (AvgIpc) is 2.72. The summed E-state index contributed by atoms with van der Waals surface area (Å²) in [4.78, 5) is 16.0. The predicted molar refractivity (Wildman–Crippen MR) is 60.0 cm³/mol. The molecule has 0 aliphatic carbocycles. The van der Waals surface area contributed by atoms with Crippen LogP contribution >= 0.6 is 0 Å². The van der Waals surface area contributed by atoms with Gasteiger partial charge in [-0.15, -0.1) is 0 Å². The molecular formula is C9H13N7O. The van der Waals surface area contributed by atoms with Crippen LogP contribution in [0.5, 0.6) is 6.01 Å². The fourth-order valence-corrected chi connectivity index (χ4v) is 1.23. The first-order chi connectivity index (χ1) is 8.20. The van der Waals surface area contributed by atoms with E-state index >= 15 is 0 Å². The quantitative estimate of drug-likeness (QED) is 0.797. The van der Waals surface area contributed by atoms with E-state index in [0.717, 1.165) is 6.42 Å². The molecule has 0 aliphatic heterocycles. The molecule has 90 valence electrons. The summed E-state index contributed by atoms with van der Waals surface area (Å²) < 4.78 is 6.87. The van der Waals surface area contributed by atoms with E-state index in [1.807, 2.05) is 6.92 Å². The van der Waals surface area contributed by atoms with Crippen LogP contribution in [0.15, 0.2) is 6.33 Å². The molecule has 0 saturated carbocycles. The van der Waals surface area contributed by atoms with E-state index in [4.69, 9.17) is 10.5 Å². The zero-order valence-electron chi connectivity index (χ0n) is 9.66. The number of nitrogen functional groups attached to an aromatic ring is 1. The Hall–Kier alpha value is -2.25. The molecule has 0 unspecified atom stereocenters. The van der Waals surface area contributed by atoms with Gasteiger partial charge in [0.2, 0.25) is 11.8 Å². The highest BCUT2D eigenvalue weighted by molar-refractivity contribution is 5.45. The number of rotatable bonds is 4. The molecule has 0 aromatic carbocycles. The van der Waals surface area contributed by atoms with E-state index in [1.165, 1.54) is 6.33 Å². The fourth-order valence-electron chi connectivity index (χ4n) is 1.23. The van der Waals surface area contributed by atoms with Crippen molar-refractivity contribution in [2.45, 2.75) is 13.3 Å². The Kier molecular flexibility index (Phi) is 3.12. The summed E-state index contributed by atoms with van der Waals surface area (Å²) in [6.07, 6.45) is 2.28. The van der Waals surface area contributed by atoms with Crippen molar-refractivity contribution in [2.75, 3.05) is 12.3 Å². The minimum Gasteiger partial charge on any atom is -0.463 e. The van der Waals surface area contributed by atoms with Gasteiger partial charge in [0.1, 0.15) is 6.33 Å². The topological polar surface area (TPSA) is 105 Å². The minimum absolute atomic E-state index is 0.101. The predicted octanol–water partition coefficient (Wildman–Crippen LogP) is 0.0381. The number of aromatic nitrogens is 6. The molecule has 2 N–H and O–H groups in total. The zero-order chi connectivity index (χ0) is 12.3. The van der Waals surface area contributed by atoms with Crippen molar-refractivity contribution in [3.63, 3.8) is 0 Å². The second-order valence-electron chi connectivity index (χ2n) is 3.36. The number of hydrogen-bond donors (Lipinski definition) is 1. The summed E-state index contributed by atoms with van der Waals surface area (Å²) in [5, 5.41) is 3.94. The van der Waals surface area contributed by atoms with Gasteiger partial charge in [-0.05, 0) is 6.42 Å². The van der Waals surface area contributed by atoms with Crippen LogP contribution in [0.1, 0.15) is 13.3 Å². The Bertz CT molecular complexity index is 510. The largest absolute Gasteiger partial charge is 0.463 e. The van der Waals surface area contributed by atoms with Crippen molar-refractivity contribution in [2.24, 2.45) is 7.05 Å². The van der Waals surface area contributed by atoms with Gasteiger partial charge < -0.3 is 10.5 Å². The van der Waals surface area contributed by atoms with Gasteiger partial charge in [0, 0.05) is 7.05 Å². The third-order valence-corrected chi connectivity index (χ3v) is 1.98. The second kappa shape index (κ2) is 4.73. The van der Waals surface area contributed by atoms with Gasteiger partial charge >= 0.3 is 6.01 Å². The van der Waals surface area contributed by atoms with Gasteiger partial charge in [0.15, 0.2) is 5.82 Å². The number of nitrogens with zero attached hydrogens (tertiary/aromatic N) is 6. The molecule has 0 bridgehead atoms. The van der Waals surface area contributed by atoms with E-state index < -0.39 is 0 Å². The molecular weight excluding hydrogens is 222 g/mol. The van der Waals surface area contributed by atoms with Crippen LogP contribution in [0.2, 0.25) is 0 Å². The molecule has 2 rings (SSSR count). The molecule has 0 aliphatic rings. The standard InChI is InChI=1S/C9H13N7O/c1-3-4-17-9-14-6(13-8(10)15-9)7-11-5-12-16(7)2/h5H,3-4H2,1-2H3,(H2,10,13,14,15). The minimum atomic E-state index is 0.101. The van der Waals surface area contributed by atoms with Crippen molar-refractivity contribution < 1.29 is 4.74 Å². The molecule has 0 radical (unpaired) electrons. The first kappa shape index (κ1) is 11.2. The van der Waals surface area contributed by atoms with Crippen molar-refractivity contribution in [1.29, 1.82) is 0 Å². The third-order valence-electron chi connectivity index (χ3n) is 1.98. The molecule has 0 amide bonds. The summed E-state index contributed by atoms with van der Waals surface area (Å²) in [5.74, 6) is 0.966. The number of aryl methyl sites for hydroxylation is 1. The van der Waals surface area contributed by atoms with Gasteiger partial charge in [0.05, 0.1) is 6.61 Å². The summed E-state index contributed by atoms with van der Waals surface area (Å²) in [6, 6.07) is 0.206. The summed E-state index contributed by atoms with van der Waals surface area (Å²) in [7, 11) is 1.74. The first-order valence-electron chi connectivity index (χ1n) is 5.19. The Morgan fingerprint density at radius 1 is 1.35 bits per heavy atom. The van der Waals surface area contributed by atoms with E-state index in [-0.39, 0.29) is 12.0 Å². The summed E-state index contributed by atoms with van der Waals surface area (Å²) in [6.45, 7) is 2.52. The van der Waals surface area contributed by atoms with E-state index in [0.29, 0.717) is 18.3 Å². The van der Waals surface area contributed by atoms with Crippen molar-refractivity contribution in [3.8, 4) is 17.7 Å². The van der Waals surface area contributed by atoms with E-state index in [1.54, 1.807) is 11.7 Å². The first-order valence-corrected chi connectivity index (χ1v) is 5.19. The van der Waals surface area contributed by atoms with Crippen LogP contribution in [0.3, 0.4) is 0 Å². The molecule has 8 heteroatoms. The molecule has 0 spiro atoms. The van der Waals surface area contributed by atoms with Crippen molar-refractivity contribution in [3.05, 3.63) is 6.33 Å². The van der Waals surface area contributed by atoms with E-state index in [9.17, 15) is 0 Å². The lowest BCUT2D eigenvalue weighted by molar-refractivity contribution is 0.292. The van der Waals surface area contributed by atoms with Crippen LogP contribution in [0.4, 0.5) is 5.95 Å². The third kappa shape index (κ3) is 2.47. The maximum atomic E-state index is 5.59. The fraction of sp³-hybridized carbons (Fsp3) is 0.444. The molecule has 8 nitrogen and oxygen atoms in total. The maximum absolute atomic E-state index is 5.59. The average molecular weight is 235 g/mol. The van der Waals surface area contributed by atoms with Crippen LogP contribution < -0.4 is 10.5 Å². The van der Waals surface area contributed by atoms with Gasteiger partial charge in [-0.3, -0.25) is 0 Å². The number of anilines is 1. The Balaban J connectivity index is 2.35. The molecule has 2 heterocycles. The van der Waals surface area contributed by atoms with Crippen LogP contribution in [-0.4, -0.2) is 36.3 Å². The molecule has 2 aromatic heterocycles. The highest BCUT2D eigenvalue weighted by Crippen LogP contribution is 2.14. The highest BCUT2D eigenvalue weighted by atomic mass is 16.5. The normalized spacial score (nSPS) is 10.5. The van der Waals surface area contributed by atoms with Gasteiger partial charge in [-0.25, -0.2) is 9.67 Å². The molecule has 0 fully saturated rings. The van der Waals surface area contributed by atoms with Gasteiger partial charge in [-0.1, -0.05) is 6.92 Å². The monoisotopic (exact) mass is 235 g/mol. The van der Waals surface area contributed by atoms with Crippen molar-refractivity contribution in [1.82, 2.24) is 29.7 Å². The summed E-state index contributed by atoms with van der Waals surface area (Å²) >= 11 is 0. The lowest BCUT2D eigenvalue weighted by Gasteiger charge is -2.04. The Morgan fingerprint density at radius 3 is 2.82 bits per heavy atom. The Labute approximate surface area is 97.9 Å². The van der Waals surface area contributed by atoms with Crippen molar-refractivity contribution >= 4 is 5.95 Å². The highest BCUT2D eigenvalue weighted by Gasteiger charge is 2.11. The smallest absolute Gasteiger partial charge is 0.321 e. The number of ether oxygens (including phenoxy) is 1. The van der Waals surface area contributed by atoms with Gasteiger partial charge in [-0.2, -0.15) is 20.1 Å². The van der Waals surface area contributed by atoms with Gasteiger partial charge in [0.25, 0.3) is 0 Å². The molecule has 17 heavy (non-hydrogen) atoms.